The molecule has 0 aromatic heterocycles. The fraction of sp³-hybridized carbons (Fsp3) is 0.818. The van der Waals surface area contributed by atoms with Crippen molar-refractivity contribution in [2.45, 2.75) is 19.3 Å². The monoisotopic (exact) mass is 182 g/mol. The van der Waals surface area contributed by atoms with Crippen LogP contribution in [0.2, 0.25) is 0 Å². The fourth-order valence-electron chi connectivity index (χ4n) is 3.19. The van der Waals surface area contributed by atoms with E-state index in [9.17, 15) is 5.11 Å². The molecule has 13 heavy (non-hydrogen) atoms. The lowest BCUT2D eigenvalue weighted by Gasteiger charge is -2.26. The number of methoxy groups -OCH3 is 1. The number of aliphatic hydroxyl groups is 1. The molecule has 2 aliphatic carbocycles. The molecule has 0 aliphatic heterocycles. The third kappa shape index (κ3) is 1.48. The van der Waals surface area contributed by atoms with Gasteiger partial charge in [0.1, 0.15) is 0 Å². The van der Waals surface area contributed by atoms with Gasteiger partial charge in [0.2, 0.25) is 0 Å². The van der Waals surface area contributed by atoms with Crippen molar-refractivity contribution in [2.24, 2.45) is 23.7 Å². The molecule has 0 heterocycles. The second-order valence-corrected chi connectivity index (χ2v) is 4.32. The molecule has 2 nitrogen and oxygen atoms in total. The largest absolute Gasteiger partial charge is 0.505 e. The van der Waals surface area contributed by atoms with Crippen molar-refractivity contribution in [1.29, 1.82) is 0 Å². The molecule has 0 amide bonds. The number of allylic oxidation sites excluding steroid dienone is 1. The smallest absolute Gasteiger partial charge is 0.0787 e. The third-order valence-corrected chi connectivity index (χ3v) is 3.81. The Hall–Kier alpha value is -0.500. The second-order valence-electron chi connectivity index (χ2n) is 4.32. The lowest BCUT2D eigenvalue weighted by Crippen LogP contribution is -2.23. The van der Waals surface area contributed by atoms with E-state index in [0.717, 1.165) is 11.8 Å². The predicted molar refractivity (Wildman–Crippen MR) is 51.0 cm³/mol. The van der Waals surface area contributed by atoms with Gasteiger partial charge in [-0.1, -0.05) is 0 Å². The minimum absolute atomic E-state index is 0.347. The number of aliphatic hydroxyl groups excluding tert-OH is 1. The van der Waals surface area contributed by atoms with Gasteiger partial charge in [-0.3, -0.25) is 0 Å². The zero-order valence-electron chi connectivity index (χ0n) is 8.15. The van der Waals surface area contributed by atoms with E-state index in [1.165, 1.54) is 19.3 Å². The first-order valence-electron chi connectivity index (χ1n) is 5.17. The molecule has 2 heteroatoms. The summed E-state index contributed by atoms with van der Waals surface area (Å²) in [6.45, 7) is 0.347. The standard InChI is InChI=1S/C11H18O2/c1-13-5-4-10-8-2-3-9(6-8)11(10)7-12/h4-5,8-12H,2-3,6-7H2,1H3/t8-,9+,10-,11?/m0/s1. The van der Waals surface area contributed by atoms with Gasteiger partial charge in [0.05, 0.1) is 13.4 Å². The summed E-state index contributed by atoms with van der Waals surface area (Å²) in [4.78, 5) is 0. The van der Waals surface area contributed by atoms with Crippen molar-refractivity contribution in [1.82, 2.24) is 0 Å². The van der Waals surface area contributed by atoms with Crippen LogP contribution in [0.3, 0.4) is 0 Å². The Morgan fingerprint density at radius 3 is 2.85 bits per heavy atom. The third-order valence-electron chi connectivity index (χ3n) is 3.81. The van der Waals surface area contributed by atoms with Crippen LogP contribution in [0.1, 0.15) is 19.3 Å². The van der Waals surface area contributed by atoms with Crippen molar-refractivity contribution < 1.29 is 9.84 Å². The molecule has 0 aromatic rings. The van der Waals surface area contributed by atoms with Crippen LogP contribution in [0.25, 0.3) is 0 Å². The van der Waals surface area contributed by atoms with Crippen molar-refractivity contribution in [3.63, 3.8) is 0 Å². The van der Waals surface area contributed by atoms with E-state index >= 15 is 0 Å². The zero-order valence-corrected chi connectivity index (χ0v) is 8.15. The SMILES string of the molecule is COC=C[C@@H]1C(CO)[C@@H]2CC[C@H]1C2. The molecule has 1 unspecified atom stereocenters. The van der Waals surface area contributed by atoms with Gasteiger partial charge >= 0.3 is 0 Å². The van der Waals surface area contributed by atoms with Gasteiger partial charge < -0.3 is 9.84 Å². The van der Waals surface area contributed by atoms with Gasteiger partial charge in [0.15, 0.2) is 0 Å². The van der Waals surface area contributed by atoms with Crippen molar-refractivity contribution in [3.8, 4) is 0 Å². The molecule has 2 rings (SSSR count). The molecule has 74 valence electrons. The van der Waals surface area contributed by atoms with E-state index < -0.39 is 0 Å². The van der Waals surface area contributed by atoms with Crippen LogP contribution in [0.15, 0.2) is 12.3 Å². The zero-order chi connectivity index (χ0) is 9.26. The molecular weight excluding hydrogens is 164 g/mol. The number of rotatable bonds is 3. The number of fused-ring (bicyclic) bond motifs is 2. The summed E-state index contributed by atoms with van der Waals surface area (Å²) < 4.78 is 4.94. The average molecular weight is 182 g/mol. The lowest BCUT2D eigenvalue weighted by atomic mass is 9.80. The Bertz CT molecular complexity index is 200. The Balaban J connectivity index is 2.04. The van der Waals surface area contributed by atoms with Crippen molar-refractivity contribution in [3.05, 3.63) is 12.3 Å². The molecule has 0 aromatic carbocycles. The maximum Gasteiger partial charge on any atom is 0.0787 e. The molecule has 0 saturated heterocycles. The summed E-state index contributed by atoms with van der Waals surface area (Å²) >= 11 is 0. The summed E-state index contributed by atoms with van der Waals surface area (Å²) in [5.74, 6) is 2.67. The molecule has 2 saturated carbocycles. The van der Waals surface area contributed by atoms with E-state index in [-0.39, 0.29) is 0 Å². The van der Waals surface area contributed by atoms with Crippen LogP contribution in [0.5, 0.6) is 0 Å². The molecule has 2 aliphatic rings. The minimum Gasteiger partial charge on any atom is -0.505 e. The quantitative estimate of drug-likeness (QED) is 0.674. The van der Waals surface area contributed by atoms with Crippen LogP contribution in [-0.2, 0) is 4.74 Å². The van der Waals surface area contributed by atoms with E-state index in [2.05, 4.69) is 6.08 Å². The van der Waals surface area contributed by atoms with Crippen LogP contribution in [0.4, 0.5) is 0 Å². The molecule has 0 radical (unpaired) electrons. The highest BCUT2D eigenvalue weighted by molar-refractivity contribution is 5.03. The molecule has 2 bridgehead atoms. The van der Waals surface area contributed by atoms with E-state index in [1.807, 2.05) is 0 Å². The average Bonchev–Trinajstić information content (AvgIpc) is 2.73. The van der Waals surface area contributed by atoms with Crippen molar-refractivity contribution >= 4 is 0 Å². The molecule has 1 N–H and O–H groups in total. The molecule has 4 atom stereocenters. The Kier molecular flexibility index (Phi) is 2.58. The van der Waals surface area contributed by atoms with Crippen LogP contribution >= 0.6 is 0 Å². The van der Waals surface area contributed by atoms with Crippen LogP contribution in [-0.4, -0.2) is 18.8 Å². The van der Waals surface area contributed by atoms with Gasteiger partial charge in [-0.05, 0) is 49.0 Å². The van der Waals surface area contributed by atoms with E-state index in [1.54, 1.807) is 13.4 Å². The van der Waals surface area contributed by atoms with Gasteiger partial charge in [-0.15, -0.1) is 0 Å². The van der Waals surface area contributed by atoms with Crippen LogP contribution < -0.4 is 0 Å². The Morgan fingerprint density at radius 2 is 2.15 bits per heavy atom. The molecule has 0 spiro atoms. The van der Waals surface area contributed by atoms with Gasteiger partial charge in [0.25, 0.3) is 0 Å². The number of hydrogen-bond acceptors (Lipinski definition) is 2. The second kappa shape index (κ2) is 3.70. The van der Waals surface area contributed by atoms with Gasteiger partial charge in [-0.25, -0.2) is 0 Å². The highest BCUT2D eigenvalue weighted by Gasteiger charge is 2.45. The summed E-state index contributed by atoms with van der Waals surface area (Å²) in [5.41, 5.74) is 0. The summed E-state index contributed by atoms with van der Waals surface area (Å²) in [5, 5.41) is 9.28. The summed E-state index contributed by atoms with van der Waals surface area (Å²) in [6.07, 6.45) is 7.91. The topological polar surface area (TPSA) is 29.5 Å². The Labute approximate surface area is 79.6 Å². The first kappa shape index (κ1) is 9.07. The lowest BCUT2D eigenvalue weighted by molar-refractivity contribution is 0.145. The fourth-order valence-corrected chi connectivity index (χ4v) is 3.19. The number of hydrogen-bond donors (Lipinski definition) is 1. The van der Waals surface area contributed by atoms with E-state index in [4.69, 9.17) is 4.74 Å². The summed E-state index contributed by atoms with van der Waals surface area (Å²) in [7, 11) is 1.68. The van der Waals surface area contributed by atoms with Gasteiger partial charge in [0, 0.05) is 6.61 Å². The van der Waals surface area contributed by atoms with Gasteiger partial charge in [-0.2, -0.15) is 0 Å². The molecule has 2 fully saturated rings. The highest BCUT2D eigenvalue weighted by Crippen LogP contribution is 2.52. The Morgan fingerprint density at radius 1 is 1.38 bits per heavy atom. The normalized spacial score (nSPS) is 43.2. The first-order chi connectivity index (χ1) is 6.36. The maximum atomic E-state index is 9.28. The maximum absolute atomic E-state index is 9.28. The summed E-state index contributed by atoms with van der Waals surface area (Å²) in [6, 6.07) is 0. The van der Waals surface area contributed by atoms with Crippen LogP contribution in [0, 0.1) is 23.7 Å². The number of ether oxygens (including phenoxy) is 1. The highest BCUT2D eigenvalue weighted by atomic mass is 16.5. The minimum atomic E-state index is 0.347. The van der Waals surface area contributed by atoms with Crippen molar-refractivity contribution in [2.75, 3.05) is 13.7 Å². The predicted octanol–water partition coefficient (Wildman–Crippen LogP) is 1.80. The van der Waals surface area contributed by atoms with E-state index in [0.29, 0.717) is 18.4 Å². The molecular formula is C11H18O2. The first-order valence-corrected chi connectivity index (χ1v) is 5.17.